The number of hydrogen-bond donors (Lipinski definition) is 0. The van der Waals surface area contributed by atoms with Gasteiger partial charge in [0.2, 0.25) is 5.91 Å². The number of anilines is 1. The molecule has 1 aliphatic carbocycles. The molecule has 1 aromatic rings. The monoisotopic (exact) mass is 307 g/mol. The van der Waals surface area contributed by atoms with E-state index >= 15 is 0 Å². The molecule has 0 radical (unpaired) electrons. The Kier molecular flexibility index (Phi) is 3.89. The van der Waals surface area contributed by atoms with Crippen molar-refractivity contribution in [1.82, 2.24) is 0 Å². The summed E-state index contributed by atoms with van der Waals surface area (Å²) < 4.78 is 5.48. The van der Waals surface area contributed by atoms with Crippen molar-refractivity contribution in [3.8, 4) is 0 Å². The molecule has 0 aromatic heterocycles. The molecule has 2 fully saturated rings. The molecule has 1 aliphatic heterocycles. The van der Waals surface area contributed by atoms with Crippen LogP contribution in [0.3, 0.4) is 0 Å². The molecule has 21 heavy (non-hydrogen) atoms. The lowest BCUT2D eigenvalue weighted by molar-refractivity contribution is -0.130. The van der Waals surface area contributed by atoms with Gasteiger partial charge in [-0.15, -0.1) is 11.6 Å². The first-order valence-electron chi connectivity index (χ1n) is 7.38. The van der Waals surface area contributed by atoms with Gasteiger partial charge in [-0.2, -0.15) is 0 Å². The molecule has 1 aromatic carbocycles. The zero-order chi connectivity index (χ0) is 15.0. The number of carbonyl (C=O) groups is 2. The maximum Gasteiger partial charge on any atom is 0.421 e. The standard InChI is InChI=1S/C16H18ClNO3/c1-2-10-5-3-4-6-13(10)18-15(19)12-9-11(17)7-8-14(12)21-16(18)20/h3-6,11-12,14H,2,7-9H2,1H3. The number of hydrogen-bond acceptors (Lipinski definition) is 3. The zero-order valence-corrected chi connectivity index (χ0v) is 12.7. The SMILES string of the molecule is CCc1ccccc1N1C(=O)OC2CCC(Cl)CC2C1=O. The van der Waals surface area contributed by atoms with E-state index in [4.69, 9.17) is 16.3 Å². The quantitative estimate of drug-likeness (QED) is 0.786. The molecule has 3 atom stereocenters. The van der Waals surface area contributed by atoms with Gasteiger partial charge >= 0.3 is 6.09 Å². The Morgan fingerprint density at radius 2 is 2.05 bits per heavy atom. The van der Waals surface area contributed by atoms with Gasteiger partial charge in [0.05, 0.1) is 11.6 Å². The van der Waals surface area contributed by atoms with Crippen LogP contribution in [0.15, 0.2) is 24.3 Å². The van der Waals surface area contributed by atoms with Crippen molar-refractivity contribution in [2.75, 3.05) is 4.90 Å². The first-order chi connectivity index (χ1) is 10.1. The van der Waals surface area contributed by atoms with Gasteiger partial charge in [0, 0.05) is 5.38 Å². The minimum absolute atomic E-state index is 0.0183. The first-order valence-corrected chi connectivity index (χ1v) is 7.82. The van der Waals surface area contributed by atoms with Gasteiger partial charge in [0.15, 0.2) is 0 Å². The molecule has 5 heteroatoms. The van der Waals surface area contributed by atoms with Gasteiger partial charge < -0.3 is 4.74 Å². The lowest BCUT2D eigenvalue weighted by Crippen LogP contribution is -2.54. The lowest BCUT2D eigenvalue weighted by atomic mass is 9.84. The summed E-state index contributed by atoms with van der Waals surface area (Å²) in [4.78, 5) is 26.2. The number of imide groups is 1. The Balaban J connectivity index is 1.95. The molecule has 2 amide bonds. The number of aryl methyl sites for hydroxylation is 1. The number of fused-ring (bicyclic) bond motifs is 1. The summed E-state index contributed by atoms with van der Waals surface area (Å²) in [5.41, 5.74) is 1.59. The van der Waals surface area contributed by atoms with Gasteiger partial charge in [-0.1, -0.05) is 25.1 Å². The number of para-hydroxylation sites is 1. The second kappa shape index (κ2) is 5.68. The average Bonchev–Trinajstić information content (AvgIpc) is 2.49. The van der Waals surface area contributed by atoms with Gasteiger partial charge in [-0.3, -0.25) is 4.79 Å². The summed E-state index contributed by atoms with van der Waals surface area (Å²) in [5.74, 6) is -0.494. The van der Waals surface area contributed by atoms with E-state index in [1.807, 2.05) is 25.1 Å². The second-order valence-electron chi connectivity index (χ2n) is 5.59. The fraction of sp³-hybridized carbons (Fsp3) is 0.500. The molecule has 3 rings (SSSR count). The van der Waals surface area contributed by atoms with E-state index in [2.05, 4.69) is 0 Å². The predicted octanol–water partition coefficient (Wildman–Crippen LogP) is 3.51. The van der Waals surface area contributed by atoms with Gasteiger partial charge in [0.25, 0.3) is 0 Å². The van der Waals surface area contributed by atoms with Crippen LogP contribution in [0.1, 0.15) is 31.7 Å². The molecule has 1 heterocycles. The van der Waals surface area contributed by atoms with Crippen molar-refractivity contribution in [1.29, 1.82) is 0 Å². The number of benzene rings is 1. The highest BCUT2D eigenvalue weighted by Gasteiger charge is 2.46. The minimum Gasteiger partial charge on any atom is -0.445 e. The number of alkyl halides is 1. The zero-order valence-electron chi connectivity index (χ0n) is 11.9. The number of rotatable bonds is 2. The van der Waals surface area contributed by atoms with E-state index in [1.54, 1.807) is 6.07 Å². The van der Waals surface area contributed by atoms with E-state index in [9.17, 15) is 9.59 Å². The Morgan fingerprint density at radius 1 is 1.29 bits per heavy atom. The summed E-state index contributed by atoms with van der Waals surface area (Å²) in [6, 6.07) is 7.44. The van der Waals surface area contributed by atoms with Crippen LogP contribution in [-0.2, 0) is 16.0 Å². The Hall–Kier alpha value is -1.55. The van der Waals surface area contributed by atoms with Crippen molar-refractivity contribution >= 4 is 29.3 Å². The van der Waals surface area contributed by atoms with Crippen LogP contribution in [0.5, 0.6) is 0 Å². The second-order valence-corrected chi connectivity index (χ2v) is 6.21. The average molecular weight is 308 g/mol. The normalized spacial score (nSPS) is 29.0. The van der Waals surface area contributed by atoms with Gasteiger partial charge in [0.1, 0.15) is 6.10 Å². The van der Waals surface area contributed by atoms with E-state index in [1.165, 1.54) is 4.90 Å². The number of nitrogens with zero attached hydrogens (tertiary/aromatic N) is 1. The molecular formula is C16H18ClNO3. The van der Waals surface area contributed by atoms with Crippen molar-refractivity contribution in [2.45, 2.75) is 44.1 Å². The fourth-order valence-corrected chi connectivity index (χ4v) is 3.49. The maximum absolute atomic E-state index is 12.8. The van der Waals surface area contributed by atoms with Crippen molar-refractivity contribution in [3.05, 3.63) is 29.8 Å². The third-order valence-electron chi connectivity index (χ3n) is 4.31. The van der Waals surface area contributed by atoms with Crippen molar-refractivity contribution < 1.29 is 14.3 Å². The molecule has 1 saturated carbocycles. The lowest BCUT2D eigenvalue weighted by Gasteiger charge is -2.40. The molecular weight excluding hydrogens is 290 g/mol. The third kappa shape index (κ3) is 2.53. The van der Waals surface area contributed by atoms with Crippen LogP contribution >= 0.6 is 11.6 Å². The minimum atomic E-state index is -0.560. The largest absolute Gasteiger partial charge is 0.445 e. The van der Waals surface area contributed by atoms with Crippen LogP contribution in [-0.4, -0.2) is 23.5 Å². The summed E-state index contributed by atoms with van der Waals surface area (Å²) in [6.07, 6.45) is 1.90. The van der Waals surface area contributed by atoms with E-state index in [0.29, 0.717) is 18.5 Å². The van der Waals surface area contributed by atoms with E-state index in [0.717, 1.165) is 18.4 Å². The van der Waals surface area contributed by atoms with Crippen molar-refractivity contribution in [2.24, 2.45) is 5.92 Å². The molecule has 0 spiro atoms. The molecule has 0 N–H and O–H groups in total. The summed E-state index contributed by atoms with van der Waals surface area (Å²) >= 11 is 6.18. The van der Waals surface area contributed by atoms with Gasteiger partial charge in [-0.25, -0.2) is 9.69 Å². The first kappa shape index (κ1) is 14.4. The number of ether oxygens (including phenoxy) is 1. The molecule has 1 saturated heterocycles. The van der Waals surface area contributed by atoms with Crippen LogP contribution in [0.4, 0.5) is 10.5 Å². The highest BCUT2D eigenvalue weighted by atomic mass is 35.5. The highest BCUT2D eigenvalue weighted by molar-refractivity contribution is 6.21. The fourth-order valence-electron chi connectivity index (χ4n) is 3.18. The maximum atomic E-state index is 12.8. The molecule has 112 valence electrons. The van der Waals surface area contributed by atoms with E-state index in [-0.39, 0.29) is 23.3 Å². The molecule has 4 nitrogen and oxygen atoms in total. The summed E-state index contributed by atoms with van der Waals surface area (Å²) in [5, 5.41) is -0.0183. The number of amides is 2. The Bertz CT molecular complexity index is 574. The Labute approximate surface area is 129 Å². The molecule has 0 bridgehead atoms. The van der Waals surface area contributed by atoms with Crippen molar-refractivity contribution in [3.63, 3.8) is 0 Å². The van der Waals surface area contributed by atoms with Crippen LogP contribution in [0, 0.1) is 5.92 Å². The van der Waals surface area contributed by atoms with Crippen LogP contribution in [0.2, 0.25) is 0 Å². The van der Waals surface area contributed by atoms with Crippen LogP contribution < -0.4 is 4.90 Å². The number of halogens is 1. The number of carbonyl (C=O) groups excluding carboxylic acids is 2. The predicted molar refractivity (Wildman–Crippen MR) is 80.6 cm³/mol. The van der Waals surface area contributed by atoms with Gasteiger partial charge in [-0.05, 0) is 37.3 Å². The molecule has 2 aliphatic rings. The third-order valence-corrected chi connectivity index (χ3v) is 4.71. The van der Waals surface area contributed by atoms with E-state index < -0.39 is 6.09 Å². The smallest absolute Gasteiger partial charge is 0.421 e. The molecule has 3 unspecified atom stereocenters. The summed E-state index contributed by atoms with van der Waals surface area (Å²) in [7, 11) is 0. The Morgan fingerprint density at radius 3 is 2.81 bits per heavy atom. The highest BCUT2D eigenvalue weighted by Crippen LogP contribution is 2.37. The summed E-state index contributed by atoms with van der Waals surface area (Å²) in [6.45, 7) is 2.00. The van der Waals surface area contributed by atoms with Crippen LogP contribution in [0.25, 0.3) is 0 Å². The topological polar surface area (TPSA) is 46.6 Å².